The van der Waals surface area contributed by atoms with E-state index in [1.54, 1.807) is 42.5 Å². The van der Waals surface area contributed by atoms with Gasteiger partial charge in [-0.15, -0.1) is 16.4 Å². The van der Waals surface area contributed by atoms with Crippen molar-refractivity contribution in [1.82, 2.24) is 25.3 Å². The van der Waals surface area contributed by atoms with E-state index in [0.717, 1.165) is 11.3 Å². The first-order valence-electron chi connectivity index (χ1n) is 14.3. The molecule has 17 nitrogen and oxygen atoms in total. The van der Waals surface area contributed by atoms with Crippen LogP contribution in [0.25, 0.3) is 10.2 Å². The van der Waals surface area contributed by atoms with Crippen molar-refractivity contribution in [2.24, 2.45) is 11.1 Å². The van der Waals surface area contributed by atoms with E-state index in [9.17, 15) is 32.7 Å². The van der Waals surface area contributed by atoms with Crippen LogP contribution in [0.2, 0.25) is 0 Å². The van der Waals surface area contributed by atoms with Crippen molar-refractivity contribution in [3.8, 4) is 11.5 Å². The second-order valence-corrected chi connectivity index (χ2v) is 13.1. The lowest BCUT2D eigenvalue weighted by atomic mass is 10.0. The number of carbonyl (C=O) groups excluding carboxylic acids is 2. The minimum Gasteiger partial charge on any atom is -0.492 e. The van der Waals surface area contributed by atoms with Crippen LogP contribution in [0.1, 0.15) is 30.5 Å². The van der Waals surface area contributed by atoms with Gasteiger partial charge in [-0.1, -0.05) is 17.3 Å². The number of amides is 1. The molecule has 4 rings (SSSR count). The standard InChI is InChI=1S/C29H32N6O11S2/c30-48(42,43)29-32-24-5-4-23(12-25(24)47-29)46-17-20-13-35(34-33-20)14-21(36)11-19(28(40)41)16-44-15-18-2-1-3-22(10-18)45-9-8-31-26(37)6-7-27(38)39/h1-5,10,12-13,19H,6-9,11,14-17H2,(H,31,37)(H,38,39)(H,40,41)(H2,30,42,43). The summed E-state index contributed by atoms with van der Waals surface area (Å²) in [7, 11) is -3.92. The zero-order chi connectivity index (χ0) is 34.7. The van der Waals surface area contributed by atoms with Gasteiger partial charge in [0.2, 0.25) is 10.2 Å². The summed E-state index contributed by atoms with van der Waals surface area (Å²) in [5, 5.41) is 33.8. The number of thiazole rings is 1. The van der Waals surface area contributed by atoms with Crippen molar-refractivity contribution in [1.29, 1.82) is 0 Å². The number of ketones is 1. The highest BCUT2D eigenvalue weighted by Crippen LogP contribution is 2.28. The molecular formula is C29H32N6O11S2. The van der Waals surface area contributed by atoms with Crippen LogP contribution in [0.15, 0.2) is 53.0 Å². The van der Waals surface area contributed by atoms with Gasteiger partial charge < -0.3 is 29.7 Å². The van der Waals surface area contributed by atoms with Crippen LogP contribution in [0.3, 0.4) is 0 Å². The average molecular weight is 705 g/mol. The smallest absolute Gasteiger partial charge is 0.309 e. The highest BCUT2D eigenvalue weighted by atomic mass is 32.2. The molecule has 5 N–H and O–H groups in total. The van der Waals surface area contributed by atoms with Crippen molar-refractivity contribution in [2.75, 3.05) is 19.8 Å². The molecule has 0 radical (unpaired) electrons. The Morgan fingerprint density at radius 2 is 1.81 bits per heavy atom. The molecule has 0 bridgehead atoms. The number of aliphatic carboxylic acids is 2. The number of Topliss-reactive ketones (excluding diaryl/α,β-unsaturated/α-hetero) is 1. The minimum absolute atomic E-state index is 0.00351. The number of hydrogen-bond donors (Lipinski definition) is 4. The van der Waals surface area contributed by atoms with Crippen LogP contribution in [-0.2, 0) is 53.7 Å². The lowest BCUT2D eigenvalue weighted by Crippen LogP contribution is -2.28. The molecule has 19 heteroatoms. The number of nitrogens with two attached hydrogens (primary N) is 1. The molecule has 2 aromatic heterocycles. The monoisotopic (exact) mass is 704 g/mol. The molecule has 0 aliphatic heterocycles. The van der Waals surface area contributed by atoms with Crippen molar-refractivity contribution in [3.05, 3.63) is 59.9 Å². The second kappa shape index (κ2) is 16.7. The van der Waals surface area contributed by atoms with Gasteiger partial charge in [-0.2, -0.15) is 0 Å². The van der Waals surface area contributed by atoms with Crippen LogP contribution in [0.4, 0.5) is 0 Å². The van der Waals surface area contributed by atoms with Gasteiger partial charge in [0.15, 0.2) is 5.78 Å². The topological polar surface area (TPSA) is 252 Å². The first-order valence-corrected chi connectivity index (χ1v) is 16.7. The predicted octanol–water partition coefficient (Wildman–Crippen LogP) is 1.35. The maximum Gasteiger partial charge on any atom is 0.309 e. The third kappa shape index (κ3) is 11.4. The molecule has 2 heterocycles. The van der Waals surface area contributed by atoms with E-state index in [-0.39, 0.29) is 69.0 Å². The molecular weight excluding hydrogens is 672 g/mol. The number of aromatic nitrogens is 4. The Morgan fingerprint density at radius 3 is 2.56 bits per heavy atom. The van der Waals surface area contributed by atoms with Crippen molar-refractivity contribution >= 4 is 55.2 Å². The summed E-state index contributed by atoms with van der Waals surface area (Å²) < 4.78 is 41.6. The molecule has 0 aliphatic rings. The third-order valence-electron chi connectivity index (χ3n) is 6.46. The molecule has 1 amide bonds. The Morgan fingerprint density at radius 1 is 1.02 bits per heavy atom. The van der Waals surface area contributed by atoms with Gasteiger partial charge in [0.05, 0.1) is 48.5 Å². The zero-order valence-corrected chi connectivity index (χ0v) is 26.9. The minimum atomic E-state index is -3.92. The highest BCUT2D eigenvalue weighted by molar-refractivity contribution is 7.91. The van der Waals surface area contributed by atoms with Gasteiger partial charge in [0, 0.05) is 12.8 Å². The molecule has 0 fully saturated rings. The molecule has 48 heavy (non-hydrogen) atoms. The lowest BCUT2D eigenvalue weighted by molar-refractivity contribution is -0.146. The maximum atomic E-state index is 12.7. The first-order chi connectivity index (χ1) is 22.9. The summed E-state index contributed by atoms with van der Waals surface area (Å²) in [6.45, 7) is -0.00832. The Balaban J connectivity index is 1.19. The van der Waals surface area contributed by atoms with Gasteiger partial charge in [-0.3, -0.25) is 19.2 Å². The van der Waals surface area contributed by atoms with E-state index < -0.39 is 33.7 Å². The number of nitrogens with zero attached hydrogens (tertiary/aromatic N) is 4. The summed E-state index contributed by atoms with van der Waals surface area (Å²) in [6, 6.07) is 11.7. The van der Waals surface area contributed by atoms with E-state index in [1.165, 1.54) is 10.9 Å². The molecule has 0 spiro atoms. The van der Waals surface area contributed by atoms with E-state index in [2.05, 4.69) is 20.6 Å². The Kier molecular flexibility index (Phi) is 12.5. The van der Waals surface area contributed by atoms with Crippen molar-refractivity contribution in [3.63, 3.8) is 0 Å². The van der Waals surface area contributed by atoms with Gasteiger partial charge in [-0.25, -0.2) is 23.2 Å². The van der Waals surface area contributed by atoms with Crippen LogP contribution < -0.4 is 19.9 Å². The fourth-order valence-corrected chi connectivity index (χ4v) is 5.87. The fourth-order valence-electron chi connectivity index (χ4n) is 4.18. The number of carbonyl (C=O) groups is 4. The number of carboxylic acids is 2. The quantitative estimate of drug-likeness (QED) is 0.0948. The van der Waals surface area contributed by atoms with Crippen LogP contribution in [0.5, 0.6) is 11.5 Å². The molecule has 2 aromatic carbocycles. The van der Waals surface area contributed by atoms with E-state index in [4.69, 9.17) is 24.5 Å². The van der Waals surface area contributed by atoms with E-state index in [1.807, 2.05) is 0 Å². The summed E-state index contributed by atoms with van der Waals surface area (Å²) in [5.41, 5.74) is 1.56. The summed E-state index contributed by atoms with van der Waals surface area (Å²) in [4.78, 5) is 50.6. The molecule has 4 aromatic rings. The number of nitrogens with one attached hydrogen (secondary N) is 1. The van der Waals surface area contributed by atoms with Crippen LogP contribution in [-0.4, -0.2) is 82.0 Å². The van der Waals surface area contributed by atoms with Crippen LogP contribution in [0, 0.1) is 5.92 Å². The fraction of sp³-hybridized carbons (Fsp3) is 0.345. The molecule has 0 saturated carbocycles. The molecule has 1 atom stereocenters. The third-order valence-corrected chi connectivity index (χ3v) is 8.80. The Hall–Kier alpha value is -4.98. The number of fused-ring (bicyclic) bond motifs is 1. The molecule has 0 aliphatic carbocycles. The van der Waals surface area contributed by atoms with Crippen molar-refractivity contribution < 1.29 is 52.0 Å². The number of rotatable bonds is 20. The van der Waals surface area contributed by atoms with Gasteiger partial charge >= 0.3 is 11.9 Å². The number of carboxylic acid groups (broad SMARTS) is 2. The summed E-state index contributed by atoms with van der Waals surface area (Å²) in [5.74, 6) is -3.19. The van der Waals surface area contributed by atoms with Crippen molar-refractivity contribution in [2.45, 2.75) is 43.4 Å². The number of sulfonamides is 1. The predicted molar refractivity (Wildman–Crippen MR) is 168 cm³/mol. The SMILES string of the molecule is NS(=O)(=O)c1nc2ccc(OCc3cn(CC(=O)CC(COCc4cccc(OCCNC(=O)CCC(=O)O)c4)C(=O)O)nn3)cc2s1. The molecule has 0 saturated heterocycles. The van der Waals surface area contributed by atoms with Gasteiger partial charge in [0.1, 0.15) is 37.0 Å². The number of benzene rings is 2. The van der Waals surface area contributed by atoms with Crippen LogP contribution >= 0.6 is 11.3 Å². The number of primary sulfonamides is 1. The van der Waals surface area contributed by atoms with E-state index >= 15 is 0 Å². The molecule has 1 unspecified atom stereocenters. The second-order valence-electron chi connectivity index (χ2n) is 10.4. The first kappa shape index (κ1) is 35.9. The zero-order valence-electron chi connectivity index (χ0n) is 25.3. The largest absolute Gasteiger partial charge is 0.492 e. The lowest BCUT2D eigenvalue weighted by Gasteiger charge is -2.13. The Bertz CT molecular complexity index is 1880. The Labute approximate surface area is 277 Å². The van der Waals surface area contributed by atoms with E-state index in [0.29, 0.717) is 33.0 Å². The summed E-state index contributed by atoms with van der Waals surface area (Å²) in [6.07, 6.45) is 0.831. The number of hydrogen-bond acceptors (Lipinski definition) is 13. The summed E-state index contributed by atoms with van der Waals surface area (Å²) >= 11 is 0.915. The normalized spacial score (nSPS) is 12.0. The van der Waals surface area contributed by atoms with Gasteiger partial charge in [0.25, 0.3) is 10.0 Å². The average Bonchev–Trinajstić information content (AvgIpc) is 3.67. The van der Waals surface area contributed by atoms with Gasteiger partial charge in [-0.05, 0) is 35.9 Å². The number of ether oxygens (including phenoxy) is 3. The molecule has 256 valence electrons. The highest BCUT2D eigenvalue weighted by Gasteiger charge is 2.22. The maximum absolute atomic E-state index is 12.7.